The molecule has 1 heterocycles. The molecule has 0 spiro atoms. The molecule has 0 saturated carbocycles. The maximum Gasteiger partial charge on any atom is 0.220 e. The summed E-state index contributed by atoms with van der Waals surface area (Å²) in [7, 11) is 0. The van der Waals surface area contributed by atoms with Crippen molar-refractivity contribution in [2.45, 2.75) is 46.1 Å². The summed E-state index contributed by atoms with van der Waals surface area (Å²) in [5.41, 5.74) is 1.34. The lowest BCUT2D eigenvalue weighted by Crippen LogP contribution is -2.37. The van der Waals surface area contributed by atoms with E-state index in [-0.39, 0.29) is 11.3 Å². The number of halogens is 1. The second-order valence-corrected chi connectivity index (χ2v) is 7.30. The highest BCUT2D eigenvalue weighted by Gasteiger charge is 2.42. The smallest absolute Gasteiger partial charge is 0.220 e. The van der Waals surface area contributed by atoms with E-state index in [0.717, 1.165) is 17.3 Å². The Bertz CT molecular complexity index is 454. The fraction of sp³-hybridized carbons (Fsp3) is 0.562. The lowest BCUT2D eigenvalue weighted by Gasteiger charge is -2.31. The van der Waals surface area contributed by atoms with E-state index in [1.807, 2.05) is 0 Å². The van der Waals surface area contributed by atoms with Gasteiger partial charge in [-0.15, -0.1) is 0 Å². The number of benzene rings is 1. The third-order valence-corrected chi connectivity index (χ3v) is 4.50. The van der Waals surface area contributed by atoms with E-state index in [2.05, 4.69) is 66.3 Å². The summed E-state index contributed by atoms with van der Waals surface area (Å²) < 4.78 is 1.10. The van der Waals surface area contributed by atoms with Crippen LogP contribution in [0.1, 0.15) is 39.2 Å². The first-order valence-corrected chi connectivity index (χ1v) is 7.72. The standard InChI is InChI=1S/C16H22BrNO/c1-11(2)8-14-16(3,10-15(19)18-14)9-12-4-6-13(17)7-5-12/h4-7,11,14H,8-10H2,1-3H3,(H,18,19). The predicted molar refractivity (Wildman–Crippen MR) is 82.0 cm³/mol. The average molecular weight is 324 g/mol. The highest BCUT2D eigenvalue weighted by atomic mass is 79.9. The Hall–Kier alpha value is -0.830. The lowest BCUT2D eigenvalue weighted by atomic mass is 9.74. The van der Waals surface area contributed by atoms with Crippen LogP contribution >= 0.6 is 15.9 Å². The Kier molecular flexibility index (Phi) is 4.34. The maximum atomic E-state index is 11.8. The van der Waals surface area contributed by atoms with Crippen molar-refractivity contribution in [1.29, 1.82) is 0 Å². The molecule has 2 unspecified atom stereocenters. The molecule has 0 bridgehead atoms. The monoisotopic (exact) mass is 323 g/mol. The Balaban J connectivity index is 2.14. The van der Waals surface area contributed by atoms with Gasteiger partial charge in [0.05, 0.1) is 0 Å². The molecule has 1 aromatic rings. The quantitative estimate of drug-likeness (QED) is 0.893. The molecule has 19 heavy (non-hydrogen) atoms. The SMILES string of the molecule is CC(C)CC1NC(=O)CC1(C)Cc1ccc(Br)cc1. The minimum atomic E-state index is 0.0369. The molecule has 104 valence electrons. The zero-order valence-corrected chi connectivity index (χ0v) is 13.5. The largest absolute Gasteiger partial charge is 0.353 e. The maximum absolute atomic E-state index is 11.8. The summed E-state index contributed by atoms with van der Waals surface area (Å²) in [6.07, 6.45) is 2.65. The van der Waals surface area contributed by atoms with Crippen LogP contribution in [-0.2, 0) is 11.2 Å². The van der Waals surface area contributed by atoms with Gasteiger partial charge in [0.2, 0.25) is 5.91 Å². The van der Waals surface area contributed by atoms with E-state index in [1.165, 1.54) is 5.56 Å². The highest BCUT2D eigenvalue weighted by molar-refractivity contribution is 9.10. The van der Waals surface area contributed by atoms with E-state index >= 15 is 0 Å². The van der Waals surface area contributed by atoms with Crippen molar-refractivity contribution >= 4 is 21.8 Å². The van der Waals surface area contributed by atoms with Crippen molar-refractivity contribution in [3.05, 3.63) is 34.3 Å². The molecular formula is C16H22BrNO. The molecule has 2 rings (SSSR count). The van der Waals surface area contributed by atoms with Gasteiger partial charge in [-0.3, -0.25) is 4.79 Å². The van der Waals surface area contributed by atoms with Crippen molar-refractivity contribution in [2.24, 2.45) is 11.3 Å². The van der Waals surface area contributed by atoms with Gasteiger partial charge in [-0.25, -0.2) is 0 Å². The van der Waals surface area contributed by atoms with Gasteiger partial charge in [-0.1, -0.05) is 48.8 Å². The third-order valence-electron chi connectivity index (χ3n) is 3.97. The molecule has 1 saturated heterocycles. The fourth-order valence-corrected chi connectivity index (χ4v) is 3.24. The van der Waals surface area contributed by atoms with E-state index in [1.54, 1.807) is 0 Å². The predicted octanol–water partition coefficient (Wildman–Crippen LogP) is 3.93. The second-order valence-electron chi connectivity index (χ2n) is 6.38. The van der Waals surface area contributed by atoms with Gasteiger partial charge in [0, 0.05) is 22.4 Å². The van der Waals surface area contributed by atoms with Crippen molar-refractivity contribution in [1.82, 2.24) is 5.32 Å². The second kappa shape index (κ2) is 5.66. The minimum absolute atomic E-state index is 0.0369. The van der Waals surface area contributed by atoms with Crippen LogP contribution in [0, 0.1) is 11.3 Å². The molecule has 1 N–H and O–H groups in total. The van der Waals surface area contributed by atoms with Crippen LogP contribution in [0.25, 0.3) is 0 Å². The molecule has 1 fully saturated rings. The molecule has 1 aliphatic heterocycles. The Morgan fingerprint density at radius 3 is 2.58 bits per heavy atom. The average Bonchev–Trinajstić information content (AvgIpc) is 2.56. The van der Waals surface area contributed by atoms with Crippen LogP contribution in [0.2, 0.25) is 0 Å². The van der Waals surface area contributed by atoms with Gasteiger partial charge in [0.15, 0.2) is 0 Å². The van der Waals surface area contributed by atoms with Crippen molar-refractivity contribution in [2.75, 3.05) is 0 Å². The Morgan fingerprint density at radius 2 is 2.00 bits per heavy atom. The van der Waals surface area contributed by atoms with Crippen LogP contribution in [0.3, 0.4) is 0 Å². The van der Waals surface area contributed by atoms with Crippen molar-refractivity contribution in [3.63, 3.8) is 0 Å². The molecule has 1 amide bonds. The molecule has 1 aromatic carbocycles. The number of nitrogens with one attached hydrogen (secondary N) is 1. The molecule has 3 heteroatoms. The highest BCUT2D eigenvalue weighted by Crippen LogP contribution is 2.38. The zero-order chi connectivity index (χ0) is 14.0. The molecule has 2 atom stereocenters. The van der Waals surface area contributed by atoms with Crippen LogP contribution in [0.4, 0.5) is 0 Å². The summed E-state index contributed by atoms with van der Waals surface area (Å²) in [6, 6.07) is 8.72. The van der Waals surface area contributed by atoms with E-state index in [9.17, 15) is 4.79 Å². The normalized spacial score (nSPS) is 26.8. The number of amides is 1. The molecule has 0 aromatic heterocycles. The number of hydrogen-bond acceptors (Lipinski definition) is 1. The third kappa shape index (κ3) is 3.59. The van der Waals surface area contributed by atoms with Gasteiger partial charge >= 0.3 is 0 Å². The van der Waals surface area contributed by atoms with Crippen LogP contribution in [-0.4, -0.2) is 11.9 Å². The topological polar surface area (TPSA) is 29.1 Å². The van der Waals surface area contributed by atoms with E-state index in [0.29, 0.717) is 18.4 Å². The summed E-state index contributed by atoms with van der Waals surface area (Å²) in [5.74, 6) is 0.804. The van der Waals surface area contributed by atoms with E-state index in [4.69, 9.17) is 0 Å². The van der Waals surface area contributed by atoms with Crippen molar-refractivity contribution in [3.8, 4) is 0 Å². The van der Waals surface area contributed by atoms with Crippen molar-refractivity contribution < 1.29 is 4.79 Å². The summed E-state index contributed by atoms with van der Waals surface area (Å²) in [5, 5.41) is 3.16. The molecule has 0 aliphatic carbocycles. The van der Waals surface area contributed by atoms with Gasteiger partial charge in [0.25, 0.3) is 0 Å². The van der Waals surface area contributed by atoms with Gasteiger partial charge < -0.3 is 5.32 Å². The first-order chi connectivity index (χ1) is 8.89. The first kappa shape index (κ1) is 14.6. The van der Waals surface area contributed by atoms with Gasteiger partial charge in [-0.05, 0) is 36.5 Å². The van der Waals surface area contributed by atoms with Gasteiger partial charge in [-0.2, -0.15) is 0 Å². The molecule has 0 radical (unpaired) electrons. The summed E-state index contributed by atoms with van der Waals surface area (Å²) in [6.45, 7) is 6.66. The number of carbonyl (C=O) groups excluding carboxylic acids is 1. The molecule has 1 aliphatic rings. The zero-order valence-electron chi connectivity index (χ0n) is 11.9. The number of hydrogen-bond donors (Lipinski definition) is 1. The van der Waals surface area contributed by atoms with E-state index < -0.39 is 0 Å². The minimum Gasteiger partial charge on any atom is -0.353 e. The summed E-state index contributed by atoms with van der Waals surface area (Å²) in [4.78, 5) is 11.8. The summed E-state index contributed by atoms with van der Waals surface area (Å²) >= 11 is 3.46. The molecular weight excluding hydrogens is 302 g/mol. The number of rotatable bonds is 4. The van der Waals surface area contributed by atoms with Crippen LogP contribution in [0.5, 0.6) is 0 Å². The Morgan fingerprint density at radius 1 is 1.37 bits per heavy atom. The van der Waals surface area contributed by atoms with Crippen LogP contribution < -0.4 is 5.32 Å². The lowest BCUT2D eigenvalue weighted by molar-refractivity contribution is -0.119. The van der Waals surface area contributed by atoms with Crippen LogP contribution in [0.15, 0.2) is 28.7 Å². The number of carbonyl (C=O) groups is 1. The molecule has 2 nitrogen and oxygen atoms in total. The van der Waals surface area contributed by atoms with Gasteiger partial charge in [0.1, 0.15) is 0 Å². The fourth-order valence-electron chi connectivity index (χ4n) is 2.98. The Labute approximate surface area is 124 Å². The first-order valence-electron chi connectivity index (χ1n) is 6.93.